The number of rotatable bonds is 9. The molecule has 1 heterocycles. The lowest BCUT2D eigenvalue weighted by Crippen LogP contribution is -2.47. The standard InChI is InChI=1S/C22H29N3O5S/c1-3-29-21-10-9-19(24-17(2)26)13-22(21)31(27,28)23-14-20-16-25(11-12-30-20)15-18-7-5-4-6-8-18/h4-10,13,20,23H,3,11-12,14-16H2,1-2H3,(H,24,26)/t20-/m1/s1. The molecular weight excluding hydrogens is 418 g/mol. The van der Waals surface area contributed by atoms with Crippen LogP contribution in [0.5, 0.6) is 5.75 Å². The molecule has 3 rings (SSSR count). The van der Waals surface area contributed by atoms with Gasteiger partial charge in [-0.1, -0.05) is 30.3 Å². The first-order valence-corrected chi connectivity index (χ1v) is 11.8. The minimum atomic E-state index is -3.87. The number of nitrogens with zero attached hydrogens (tertiary/aromatic N) is 1. The van der Waals surface area contributed by atoms with Gasteiger partial charge in [-0.15, -0.1) is 0 Å². The number of amides is 1. The third kappa shape index (κ3) is 6.76. The number of hydrogen-bond acceptors (Lipinski definition) is 6. The highest BCUT2D eigenvalue weighted by atomic mass is 32.2. The maximum Gasteiger partial charge on any atom is 0.244 e. The molecule has 0 radical (unpaired) electrons. The summed E-state index contributed by atoms with van der Waals surface area (Å²) in [5.41, 5.74) is 1.60. The van der Waals surface area contributed by atoms with Crippen LogP contribution in [-0.4, -0.2) is 58.2 Å². The van der Waals surface area contributed by atoms with Gasteiger partial charge in [-0.3, -0.25) is 9.69 Å². The summed E-state index contributed by atoms with van der Waals surface area (Å²) in [7, 11) is -3.87. The average molecular weight is 448 g/mol. The second-order valence-electron chi connectivity index (χ2n) is 7.34. The molecule has 0 saturated carbocycles. The molecular formula is C22H29N3O5S. The number of sulfonamides is 1. The lowest BCUT2D eigenvalue weighted by molar-refractivity contribution is -0.114. The Morgan fingerprint density at radius 3 is 2.71 bits per heavy atom. The molecule has 0 spiro atoms. The van der Waals surface area contributed by atoms with Crippen LogP contribution < -0.4 is 14.8 Å². The van der Waals surface area contributed by atoms with E-state index in [4.69, 9.17) is 9.47 Å². The molecule has 8 nitrogen and oxygen atoms in total. The van der Waals surface area contributed by atoms with Crippen molar-refractivity contribution in [3.63, 3.8) is 0 Å². The smallest absolute Gasteiger partial charge is 0.244 e. The first-order valence-electron chi connectivity index (χ1n) is 10.3. The van der Waals surface area contributed by atoms with E-state index in [2.05, 4.69) is 27.1 Å². The van der Waals surface area contributed by atoms with Gasteiger partial charge in [0, 0.05) is 38.8 Å². The minimum Gasteiger partial charge on any atom is -0.492 e. The Kier molecular flexibility index (Phi) is 8.03. The van der Waals surface area contributed by atoms with E-state index >= 15 is 0 Å². The predicted molar refractivity (Wildman–Crippen MR) is 119 cm³/mol. The fourth-order valence-corrected chi connectivity index (χ4v) is 4.68. The third-order valence-corrected chi connectivity index (χ3v) is 6.27. The van der Waals surface area contributed by atoms with E-state index in [1.807, 2.05) is 18.2 Å². The summed E-state index contributed by atoms with van der Waals surface area (Å²) in [4.78, 5) is 13.6. The van der Waals surface area contributed by atoms with Gasteiger partial charge in [-0.25, -0.2) is 13.1 Å². The van der Waals surface area contributed by atoms with Gasteiger partial charge in [-0.2, -0.15) is 0 Å². The highest BCUT2D eigenvalue weighted by molar-refractivity contribution is 7.89. The number of benzene rings is 2. The fraction of sp³-hybridized carbons (Fsp3) is 0.409. The third-order valence-electron chi connectivity index (χ3n) is 4.83. The zero-order valence-electron chi connectivity index (χ0n) is 17.8. The van der Waals surface area contributed by atoms with Crippen molar-refractivity contribution in [2.45, 2.75) is 31.4 Å². The van der Waals surface area contributed by atoms with Crippen molar-refractivity contribution in [3.8, 4) is 5.75 Å². The Morgan fingerprint density at radius 1 is 1.23 bits per heavy atom. The van der Waals surface area contributed by atoms with E-state index in [1.54, 1.807) is 19.1 Å². The molecule has 2 N–H and O–H groups in total. The second-order valence-corrected chi connectivity index (χ2v) is 9.08. The van der Waals surface area contributed by atoms with Crippen LogP contribution in [0.3, 0.4) is 0 Å². The Morgan fingerprint density at radius 2 is 2.00 bits per heavy atom. The van der Waals surface area contributed by atoms with Crippen LogP contribution in [0.25, 0.3) is 0 Å². The van der Waals surface area contributed by atoms with Gasteiger partial charge in [-0.05, 0) is 30.7 Å². The molecule has 1 aliphatic heterocycles. The molecule has 0 unspecified atom stereocenters. The van der Waals surface area contributed by atoms with Crippen molar-refractivity contribution in [2.24, 2.45) is 0 Å². The van der Waals surface area contributed by atoms with Gasteiger partial charge >= 0.3 is 0 Å². The first-order chi connectivity index (χ1) is 14.9. The van der Waals surface area contributed by atoms with Gasteiger partial charge in [0.25, 0.3) is 0 Å². The molecule has 2 aromatic rings. The average Bonchev–Trinajstić information content (AvgIpc) is 2.74. The Hall–Kier alpha value is -2.46. The van der Waals surface area contributed by atoms with Crippen molar-refractivity contribution in [3.05, 3.63) is 54.1 Å². The lowest BCUT2D eigenvalue weighted by Gasteiger charge is -2.33. The van der Waals surface area contributed by atoms with Crippen molar-refractivity contribution < 1.29 is 22.7 Å². The molecule has 1 aliphatic rings. The Labute approximate surface area is 183 Å². The molecule has 1 fully saturated rings. The van der Waals surface area contributed by atoms with E-state index in [-0.39, 0.29) is 29.2 Å². The topological polar surface area (TPSA) is 97.0 Å². The van der Waals surface area contributed by atoms with Crippen molar-refractivity contribution in [2.75, 3.05) is 38.2 Å². The summed E-state index contributed by atoms with van der Waals surface area (Å²) in [6.07, 6.45) is -0.263. The second kappa shape index (κ2) is 10.7. The number of nitrogens with one attached hydrogen (secondary N) is 2. The maximum absolute atomic E-state index is 13.0. The number of carbonyl (C=O) groups is 1. The van der Waals surface area contributed by atoms with E-state index in [0.29, 0.717) is 25.4 Å². The van der Waals surface area contributed by atoms with Crippen LogP contribution in [0.4, 0.5) is 5.69 Å². The first kappa shape index (κ1) is 23.2. The zero-order chi connectivity index (χ0) is 22.3. The van der Waals surface area contributed by atoms with Crippen molar-refractivity contribution in [1.29, 1.82) is 0 Å². The highest BCUT2D eigenvalue weighted by Crippen LogP contribution is 2.27. The number of ether oxygens (including phenoxy) is 2. The SMILES string of the molecule is CCOc1ccc(NC(C)=O)cc1S(=O)(=O)NC[C@@H]1CN(Cc2ccccc2)CCO1. The zero-order valence-corrected chi connectivity index (χ0v) is 18.7. The molecule has 0 bridgehead atoms. The summed E-state index contributed by atoms with van der Waals surface area (Å²) in [6.45, 7) is 6.37. The molecule has 2 aromatic carbocycles. The lowest BCUT2D eigenvalue weighted by atomic mass is 10.2. The van der Waals surface area contributed by atoms with Crippen LogP contribution >= 0.6 is 0 Å². The van der Waals surface area contributed by atoms with Crippen molar-refractivity contribution >= 4 is 21.6 Å². The molecule has 9 heteroatoms. The predicted octanol–water partition coefficient (Wildman–Crippen LogP) is 2.22. The summed E-state index contributed by atoms with van der Waals surface area (Å²) in [5.74, 6) is -0.0473. The number of anilines is 1. The van der Waals surface area contributed by atoms with E-state index in [9.17, 15) is 13.2 Å². The largest absolute Gasteiger partial charge is 0.492 e. The van der Waals surface area contributed by atoms with E-state index < -0.39 is 10.0 Å². The normalized spacial score (nSPS) is 17.3. The van der Waals surface area contributed by atoms with E-state index in [0.717, 1.165) is 13.1 Å². The summed E-state index contributed by atoms with van der Waals surface area (Å²) in [6, 6.07) is 14.7. The van der Waals surface area contributed by atoms with Crippen LogP contribution in [0.2, 0.25) is 0 Å². The molecule has 1 saturated heterocycles. The van der Waals surface area contributed by atoms with Gasteiger partial charge in [0.05, 0.1) is 19.3 Å². The van der Waals surface area contributed by atoms with Crippen molar-refractivity contribution in [1.82, 2.24) is 9.62 Å². The monoisotopic (exact) mass is 447 g/mol. The Bertz CT molecular complexity index is 982. The molecule has 1 amide bonds. The van der Waals surface area contributed by atoms with Gasteiger partial charge in [0.2, 0.25) is 15.9 Å². The quantitative estimate of drug-likeness (QED) is 0.612. The number of morpholine rings is 1. The molecule has 31 heavy (non-hydrogen) atoms. The molecule has 0 aliphatic carbocycles. The van der Waals surface area contributed by atoms with Crippen LogP contribution in [0.15, 0.2) is 53.4 Å². The fourth-order valence-electron chi connectivity index (χ4n) is 3.44. The molecule has 1 atom stereocenters. The number of hydrogen-bond donors (Lipinski definition) is 2. The molecule has 168 valence electrons. The maximum atomic E-state index is 13.0. The van der Waals surface area contributed by atoms with Gasteiger partial charge < -0.3 is 14.8 Å². The van der Waals surface area contributed by atoms with Crippen LogP contribution in [0.1, 0.15) is 19.4 Å². The van der Waals surface area contributed by atoms with E-state index in [1.165, 1.54) is 18.6 Å². The summed E-state index contributed by atoms with van der Waals surface area (Å²) in [5, 5.41) is 2.60. The minimum absolute atomic E-state index is 0.0162. The molecule has 0 aromatic heterocycles. The number of carbonyl (C=O) groups excluding carboxylic acids is 1. The summed E-state index contributed by atoms with van der Waals surface area (Å²) < 4.78 is 39.9. The van der Waals surface area contributed by atoms with Crippen LogP contribution in [-0.2, 0) is 26.1 Å². The van der Waals surface area contributed by atoms with Crippen LogP contribution in [0, 0.1) is 0 Å². The summed E-state index contributed by atoms with van der Waals surface area (Å²) >= 11 is 0. The van der Waals surface area contributed by atoms with Gasteiger partial charge in [0.15, 0.2) is 0 Å². The Balaban J connectivity index is 1.66. The highest BCUT2D eigenvalue weighted by Gasteiger charge is 2.25. The van der Waals surface area contributed by atoms with Gasteiger partial charge in [0.1, 0.15) is 10.6 Å².